The summed E-state index contributed by atoms with van der Waals surface area (Å²) in [4.78, 5) is 8.43. The monoisotopic (exact) mass is 387 g/mol. The van der Waals surface area contributed by atoms with Crippen molar-refractivity contribution in [3.8, 4) is 11.3 Å². The first-order valence-electron chi connectivity index (χ1n) is 9.48. The van der Waals surface area contributed by atoms with Gasteiger partial charge in [-0.25, -0.2) is 8.78 Å². The normalized spacial score (nSPS) is 19.1. The number of benzene rings is 1. The van der Waals surface area contributed by atoms with Gasteiger partial charge in [0.2, 0.25) is 0 Å². The highest BCUT2D eigenvalue weighted by molar-refractivity contribution is 5.91. The van der Waals surface area contributed by atoms with Crippen molar-refractivity contribution >= 4 is 5.84 Å². The lowest BCUT2D eigenvalue weighted by atomic mass is 9.88. The first kappa shape index (κ1) is 20.4. The van der Waals surface area contributed by atoms with Gasteiger partial charge in [-0.1, -0.05) is 32.9 Å². The van der Waals surface area contributed by atoms with E-state index in [1.165, 1.54) is 18.2 Å². The smallest absolute Gasteiger partial charge is 0.141 e. The third-order valence-electron chi connectivity index (χ3n) is 4.79. The van der Waals surface area contributed by atoms with Crippen LogP contribution in [0.3, 0.4) is 0 Å². The number of pyridine rings is 1. The van der Waals surface area contributed by atoms with E-state index < -0.39 is 17.2 Å². The summed E-state index contributed by atoms with van der Waals surface area (Å²) in [6, 6.07) is 7.69. The van der Waals surface area contributed by atoms with E-state index in [9.17, 15) is 13.9 Å². The maximum Gasteiger partial charge on any atom is 0.141 e. The van der Waals surface area contributed by atoms with Gasteiger partial charge >= 0.3 is 0 Å². The predicted molar refractivity (Wildman–Crippen MR) is 107 cm³/mol. The van der Waals surface area contributed by atoms with E-state index in [1.54, 1.807) is 19.1 Å². The lowest BCUT2D eigenvalue weighted by molar-refractivity contribution is 0.128. The summed E-state index contributed by atoms with van der Waals surface area (Å²) >= 11 is 0. The molecule has 0 amide bonds. The molecule has 0 saturated carbocycles. The zero-order chi connectivity index (χ0) is 20.5. The van der Waals surface area contributed by atoms with Crippen molar-refractivity contribution < 1.29 is 13.9 Å². The molecule has 0 saturated heterocycles. The fraction of sp³-hybridized carbons (Fsp3) is 0.455. The van der Waals surface area contributed by atoms with Crippen molar-refractivity contribution in [3.63, 3.8) is 0 Å². The van der Waals surface area contributed by atoms with Crippen molar-refractivity contribution in [1.29, 1.82) is 0 Å². The largest absolute Gasteiger partial charge is 0.382 e. The lowest BCUT2D eigenvalue weighted by Crippen LogP contribution is -2.47. The summed E-state index contributed by atoms with van der Waals surface area (Å²) in [6.07, 6.45) is 2.14. The predicted octanol–water partition coefficient (Wildman–Crippen LogP) is 4.13. The highest BCUT2D eigenvalue weighted by Gasteiger charge is 2.34. The number of nitrogens with zero attached hydrogens (tertiary/aromatic N) is 2. The quantitative estimate of drug-likeness (QED) is 0.811. The second-order valence-corrected chi connectivity index (χ2v) is 8.91. The number of amidine groups is 1. The van der Waals surface area contributed by atoms with Crippen molar-refractivity contribution in [1.82, 2.24) is 10.3 Å². The molecule has 1 aliphatic rings. The molecule has 2 N–H and O–H groups in total. The van der Waals surface area contributed by atoms with Gasteiger partial charge in [-0.2, -0.15) is 0 Å². The summed E-state index contributed by atoms with van der Waals surface area (Å²) in [6.45, 7) is 8.75. The fourth-order valence-corrected chi connectivity index (χ4v) is 3.52. The minimum atomic E-state index is -1.29. The van der Waals surface area contributed by atoms with Gasteiger partial charge < -0.3 is 10.4 Å². The SMILES string of the molecule is CC(C)(C)CC1CN=C(C(C)(O)Cc2ccc(-c3ccc(F)cn3)cc2F)N1. The second kappa shape index (κ2) is 7.59. The molecule has 2 atom stereocenters. The standard InChI is InChI=1S/C22H27F2N3O/c1-21(2,3)11-17-13-26-20(27-17)22(4,28)10-15-6-5-14(9-18(15)24)19-8-7-16(23)12-25-19/h5-9,12,17,28H,10-11,13H2,1-4H3,(H,26,27). The van der Waals surface area contributed by atoms with Crippen LogP contribution in [-0.2, 0) is 6.42 Å². The van der Waals surface area contributed by atoms with Crippen LogP contribution in [0.1, 0.15) is 39.7 Å². The van der Waals surface area contributed by atoms with Crippen LogP contribution in [0.15, 0.2) is 41.5 Å². The van der Waals surface area contributed by atoms with Crippen LogP contribution in [0.25, 0.3) is 11.3 Å². The first-order valence-corrected chi connectivity index (χ1v) is 9.48. The molecule has 2 unspecified atom stereocenters. The van der Waals surface area contributed by atoms with Crippen LogP contribution in [0.5, 0.6) is 0 Å². The molecule has 150 valence electrons. The van der Waals surface area contributed by atoms with Crippen LogP contribution in [0, 0.1) is 17.0 Å². The molecule has 1 aromatic carbocycles. The molecule has 28 heavy (non-hydrogen) atoms. The molecule has 2 heterocycles. The third kappa shape index (κ3) is 4.93. The van der Waals surface area contributed by atoms with Crippen LogP contribution < -0.4 is 5.32 Å². The summed E-state index contributed by atoms with van der Waals surface area (Å²) in [5, 5.41) is 14.2. The highest BCUT2D eigenvalue weighted by atomic mass is 19.1. The van der Waals surface area contributed by atoms with E-state index in [0.29, 0.717) is 29.2 Å². The van der Waals surface area contributed by atoms with Gasteiger partial charge in [0.15, 0.2) is 0 Å². The lowest BCUT2D eigenvalue weighted by Gasteiger charge is -2.27. The Bertz CT molecular complexity index is 870. The minimum absolute atomic E-state index is 0.101. The second-order valence-electron chi connectivity index (χ2n) is 8.91. The molecule has 3 rings (SSSR count). The molecule has 0 bridgehead atoms. The van der Waals surface area contributed by atoms with E-state index in [0.717, 1.165) is 12.6 Å². The number of halogens is 2. The van der Waals surface area contributed by atoms with E-state index in [4.69, 9.17) is 0 Å². The van der Waals surface area contributed by atoms with E-state index in [1.807, 2.05) is 0 Å². The molecular weight excluding hydrogens is 360 g/mol. The molecule has 0 fully saturated rings. The summed E-state index contributed by atoms with van der Waals surface area (Å²) < 4.78 is 27.7. The average molecular weight is 387 g/mol. The highest BCUT2D eigenvalue weighted by Crippen LogP contribution is 2.26. The Balaban J connectivity index is 1.71. The molecule has 6 heteroatoms. The van der Waals surface area contributed by atoms with Crippen molar-refractivity contribution in [2.45, 2.75) is 52.2 Å². The van der Waals surface area contributed by atoms with Gasteiger partial charge in [0, 0.05) is 18.0 Å². The number of aliphatic hydroxyl groups is 1. The van der Waals surface area contributed by atoms with Crippen LogP contribution in [0.4, 0.5) is 8.78 Å². The van der Waals surface area contributed by atoms with Gasteiger partial charge in [-0.15, -0.1) is 0 Å². The number of hydrogen-bond donors (Lipinski definition) is 2. The van der Waals surface area contributed by atoms with Gasteiger partial charge in [-0.05, 0) is 42.5 Å². The maximum absolute atomic E-state index is 14.7. The molecule has 1 aliphatic heterocycles. The molecule has 0 spiro atoms. The zero-order valence-corrected chi connectivity index (χ0v) is 16.8. The molecule has 2 aromatic rings. The van der Waals surface area contributed by atoms with E-state index >= 15 is 0 Å². The first-order chi connectivity index (χ1) is 13.0. The number of nitrogens with one attached hydrogen (secondary N) is 1. The molecule has 4 nitrogen and oxygen atoms in total. The summed E-state index contributed by atoms with van der Waals surface area (Å²) in [7, 11) is 0. The van der Waals surface area contributed by atoms with Gasteiger partial charge in [-0.3, -0.25) is 9.98 Å². The molecule has 0 aliphatic carbocycles. The molecule has 1 aromatic heterocycles. The Morgan fingerprint density at radius 1 is 1.14 bits per heavy atom. The number of aliphatic imine (C=N–C) groups is 1. The Morgan fingerprint density at radius 3 is 2.50 bits per heavy atom. The Labute approximate surface area is 164 Å². The third-order valence-corrected chi connectivity index (χ3v) is 4.79. The topological polar surface area (TPSA) is 57.5 Å². The number of aromatic nitrogens is 1. The fourth-order valence-electron chi connectivity index (χ4n) is 3.52. The van der Waals surface area contributed by atoms with Gasteiger partial charge in [0.05, 0.1) is 18.4 Å². The molecular formula is C22H27F2N3O. The average Bonchev–Trinajstić information content (AvgIpc) is 3.05. The Hall–Kier alpha value is -2.34. The number of hydrogen-bond acceptors (Lipinski definition) is 4. The summed E-state index contributed by atoms with van der Waals surface area (Å²) in [5.74, 6) is -0.370. The van der Waals surface area contributed by atoms with Crippen LogP contribution in [0.2, 0.25) is 0 Å². The van der Waals surface area contributed by atoms with E-state index in [2.05, 4.69) is 36.1 Å². The minimum Gasteiger partial charge on any atom is -0.382 e. The number of rotatable bonds is 5. The van der Waals surface area contributed by atoms with Crippen molar-refractivity contribution in [2.24, 2.45) is 10.4 Å². The zero-order valence-electron chi connectivity index (χ0n) is 16.8. The van der Waals surface area contributed by atoms with Crippen LogP contribution in [-0.4, -0.2) is 34.1 Å². The molecule has 0 radical (unpaired) electrons. The van der Waals surface area contributed by atoms with Gasteiger partial charge in [0.1, 0.15) is 23.1 Å². The Kier molecular flexibility index (Phi) is 5.53. The Morgan fingerprint density at radius 2 is 1.89 bits per heavy atom. The van der Waals surface area contributed by atoms with Gasteiger partial charge in [0.25, 0.3) is 0 Å². The van der Waals surface area contributed by atoms with Crippen LogP contribution >= 0.6 is 0 Å². The van der Waals surface area contributed by atoms with Crippen molar-refractivity contribution in [2.75, 3.05) is 6.54 Å². The van der Waals surface area contributed by atoms with E-state index in [-0.39, 0.29) is 17.9 Å². The van der Waals surface area contributed by atoms with Crippen molar-refractivity contribution in [3.05, 3.63) is 53.7 Å². The summed E-state index contributed by atoms with van der Waals surface area (Å²) in [5.41, 5.74) is 0.307. The maximum atomic E-state index is 14.7.